The number of carbonyl (C=O) groups excluding carboxylic acids is 1. The van der Waals surface area contributed by atoms with Crippen LogP contribution in [-0.2, 0) is 4.79 Å². The molecule has 3 aromatic rings. The second-order valence-corrected chi connectivity index (χ2v) is 6.84. The number of nitrogens with two attached hydrogens (primary N) is 1. The molecule has 3 N–H and O–H groups in total. The van der Waals surface area contributed by atoms with Gasteiger partial charge < -0.3 is 11.1 Å². The lowest BCUT2D eigenvalue weighted by Gasteiger charge is -2.03. The number of thioether (sulfide) groups is 1. The molecule has 8 heteroatoms. The molecule has 0 unspecified atom stereocenters. The number of nitriles is 1. The van der Waals surface area contributed by atoms with Crippen LogP contribution in [0.4, 0.5) is 11.4 Å². The van der Waals surface area contributed by atoms with Crippen molar-refractivity contribution < 1.29 is 4.79 Å². The van der Waals surface area contributed by atoms with Crippen LogP contribution >= 0.6 is 23.1 Å². The van der Waals surface area contributed by atoms with E-state index in [0.29, 0.717) is 17.1 Å². The molecular formula is C15H11N5OS2. The van der Waals surface area contributed by atoms with Gasteiger partial charge in [-0.05, 0) is 30.3 Å². The lowest BCUT2D eigenvalue weighted by Crippen LogP contribution is -2.14. The van der Waals surface area contributed by atoms with Gasteiger partial charge in [-0.2, -0.15) is 5.26 Å². The van der Waals surface area contributed by atoms with E-state index in [1.807, 2.05) is 18.2 Å². The maximum atomic E-state index is 11.9. The van der Waals surface area contributed by atoms with Crippen LogP contribution in [0.25, 0.3) is 10.2 Å². The average molecular weight is 341 g/mol. The Balaban J connectivity index is 1.60. The second-order valence-electron chi connectivity index (χ2n) is 4.59. The molecule has 0 aliphatic rings. The van der Waals surface area contributed by atoms with Crippen molar-refractivity contribution in [2.75, 3.05) is 16.8 Å². The standard InChI is InChI=1S/C15H11N5OS2/c16-6-10-2-3-11(7-18-10)19-14(21)8-22-15-20-12-4-1-9(17)5-13(12)23-15/h1-5,7H,8,17H2,(H,19,21). The monoisotopic (exact) mass is 341 g/mol. The van der Waals surface area contributed by atoms with Gasteiger partial charge in [-0.3, -0.25) is 4.79 Å². The van der Waals surface area contributed by atoms with Crippen LogP contribution in [0.5, 0.6) is 0 Å². The molecule has 0 saturated heterocycles. The maximum absolute atomic E-state index is 11.9. The first-order valence-corrected chi connectivity index (χ1v) is 8.39. The van der Waals surface area contributed by atoms with Crippen molar-refractivity contribution in [1.82, 2.24) is 9.97 Å². The van der Waals surface area contributed by atoms with Crippen LogP contribution in [0.2, 0.25) is 0 Å². The first-order valence-electron chi connectivity index (χ1n) is 6.59. The fraction of sp³-hybridized carbons (Fsp3) is 0.0667. The molecule has 2 aromatic heterocycles. The Labute approximate surface area is 140 Å². The topological polar surface area (TPSA) is 105 Å². The van der Waals surface area contributed by atoms with Crippen molar-refractivity contribution >= 4 is 50.6 Å². The summed E-state index contributed by atoms with van der Waals surface area (Å²) in [5.41, 5.74) is 8.19. The van der Waals surface area contributed by atoms with Gasteiger partial charge in [0.05, 0.1) is 27.9 Å². The highest BCUT2D eigenvalue weighted by Gasteiger charge is 2.08. The summed E-state index contributed by atoms with van der Waals surface area (Å²) in [6.45, 7) is 0. The Morgan fingerprint density at radius 3 is 3.00 bits per heavy atom. The van der Waals surface area contributed by atoms with E-state index >= 15 is 0 Å². The van der Waals surface area contributed by atoms with Gasteiger partial charge in [0.2, 0.25) is 5.91 Å². The van der Waals surface area contributed by atoms with Gasteiger partial charge in [0, 0.05) is 5.69 Å². The molecule has 3 rings (SSSR count). The normalized spacial score (nSPS) is 10.4. The number of carbonyl (C=O) groups is 1. The number of pyridine rings is 1. The Bertz CT molecular complexity index is 898. The zero-order valence-electron chi connectivity index (χ0n) is 11.8. The van der Waals surface area contributed by atoms with Gasteiger partial charge in [-0.15, -0.1) is 11.3 Å². The molecular weight excluding hydrogens is 330 g/mol. The van der Waals surface area contributed by atoms with Crippen LogP contribution in [0, 0.1) is 11.3 Å². The molecule has 0 aliphatic carbocycles. The highest BCUT2D eigenvalue weighted by atomic mass is 32.2. The number of anilines is 2. The quantitative estimate of drug-likeness (QED) is 0.558. The van der Waals surface area contributed by atoms with Crippen molar-refractivity contribution in [2.45, 2.75) is 4.34 Å². The van der Waals surface area contributed by atoms with Gasteiger partial charge >= 0.3 is 0 Å². The second kappa shape index (κ2) is 6.64. The Morgan fingerprint density at radius 2 is 2.26 bits per heavy atom. The zero-order valence-corrected chi connectivity index (χ0v) is 13.4. The first kappa shape index (κ1) is 15.3. The predicted molar refractivity (Wildman–Crippen MR) is 92.3 cm³/mol. The molecule has 1 amide bonds. The third-order valence-electron chi connectivity index (χ3n) is 2.88. The highest BCUT2D eigenvalue weighted by molar-refractivity contribution is 8.01. The van der Waals surface area contributed by atoms with Crippen LogP contribution < -0.4 is 11.1 Å². The zero-order chi connectivity index (χ0) is 16.2. The van der Waals surface area contributed by atoms with Gasteiger partial charge in [-0.25, -0.2) is 9.97 Å². The summed E-state index contributed by atoms with van der Waals surface area (Å²) in [6, 6.07) is 10.7. The van der Waals surface area contributed by atoms with Gasteiger partial charge in [0.15, 0.2) is 4.34 Å². The summed E-state index contributed by atoms with van der Waals surface area (Å²) < 4.78 is 1.82. The van der Waals surface area contributed by atoms with Crippen LogP contribution in [-0.4, -0.2) is 21.6 Å². The van der Waals surface area contributed by atoms with Crippen molar-refractivity contribution in [3.8, 4) is 6.07 Å². The summed E-state index contributed by atoms with van der Waals surface area (Å²) >= 11 is 2.88. The molecule has 0 spiro atoms. The molecule has 6 nitrogen and oxygen atoms in total. The number of nitrogen functional groups attached to an aromatic ring is 1. The molecule has 1 aromatic carbocycles. The SMILES string of the molecule is N#Cc1ccc(NC(=O)CSc2nc3ccc(N)cc3s2)cn1. The van der Waals surface area contributed by atoms with Crippen LogP contribution in [0.15, 0.2) is 40.9 Å². The number of rotatable bonds is 4. The number of hydrogen-bond acceptors (Lipinski definition) is 7. The van der Waals surface area contributed by atoms with Crippen molar-refractivity contribution in [3.05, 3.63) is 42.2 Å². The maximum Gasteiger partial charge on any atom is 0.234 e. The molecule has 2 heterocycles. The molecule has 0 aliphatic heterocycles. The number of nitrogens with one attached hydrogen (secondary N) is 1. The lowest BCUT2D eigenvalue weighted by molar-refractivity contribution is -0.113. The molecule has 0 atom stereocenters. The van der Waals surface area contributed by atoms with Crippen molar-refractivity contribution in [3.63, 3.8) is 0 Å². The summed E-state index contributed by atoms with van der Waals surface area (Å²) in [5, 5.41) is 11.4. The number of aromatic nitrogens is 2. The number of amides is 1. The third kappa shape index (κ3) is 3.77. The number of hydrogen-bond donors (Lipinski definition) is 2. The minimum absolute atomic E-state index is 0.153. The summed E-state index contributed by atoms with van der Waals surface area (Å²) in [5.74, 6) is 0.0928. The van der Waals surface area contributed by atoms with Gasteiger partial charge in [0.25, 0.3) is 0 Å². The van der Waals surface area contributed by atoms with Gasteiger partial charge in [0.1, 0.15) is 11.8 Å². The van der Waals surface area contributed by atoms with E-state index < -0.39 is 0 Å². The number of benzene rings is 1. The minimum atomic E-state index is -0.153. The molecule has 0 saturated carbocycles. The highest BCUT2D eigenvalue weighted by Crippen LogP contribution is 2.30. The Hall–Kier alpha value is -2.63. The molecule has 0 fully saturated rings. The smallest absolute Gasteiger partial charge is 0.234 e. The summed E-state index contributed by atoms with van der Waals surface area (Å²) in [6.07, 6.45) is 1.46. The third-order valence-corrected chi connectivity index (χ3v) is 5.04. The summed E-state index contributed by atoms with van der Waals surface area (Å²) in [7, 11) is 0. The van der Waals surface area contributed by atoms with E-state index in [2.05, 4.69) is 15.3 Å². The number of nitrogens with zero attached hydrogens (tertiary/aromatic N) is 3. The number of thiazole rings is 1. The van der Waals surface area contributed by atoms with Crippen molar-refractivity contribution in [2.24, 2.45) is 0 Å². The predicted octanol–water partition coefficient (Wildman–Crippen LogP) is 2.88. The van der Waals surface area contributed by atoms with Crippen molar-refractivity contribution in [1.29, 1.82) is 5.26 Å². The minimum Gasteiger partial charge on any atom is -0.399 e. The molecule has 23 heavy (non-hydrogen) atoms. The van der Waals surface area contributed by atoms with E-state index in [0.717, 1.165) is 14.6 Å². The molecule has 114 valence electrons. The number of fused-ring (bicyclic) bond motifs is 1. The van der Waals surface area contributed by atoms with E-state index in [4.69, 9.17) is 11.0 Å². The average Bonchev–Trinajstić information content (AvgIpc) is 2.95. The van der Waals surface area contributed by atoms with Crippen LogP contribution in [0.1, 0.15) is 5.69 Å². The summed E-state index contributed by atoms with van der Waals surface area (Å²) in [4.78, 5) is 20.3. The Kier molecular flexibility index (Phi) is 4.41. The first-order chi connectivity index (χ1) is 11.1. The van der Waals surface area contributed by atoms with Crippen LogP contribution in [0.3, 0.4) is 0 Å². The van der Waals surface area contributed by atoms with Gasteiger partial charge in [-0.1, -0.05) is 11.8 Å². The molecule has 0 radical (unpaired) electrons. The lowest BCUT2D eigenvalue weighted by atomic mass is 10.3. The Morgan fingerprint density at radius 1 is 1.39 bits per heavy atom. The van der Waals surface area contributed by atoms with E-state index in [-0.39, 0.29) is 11.7 Å². The van der Waals surface area contributed by atoms with E-state index in [1.54, 1.807) is 18.2 Å². The fourth-order valence-corrected chi connectivity index (χ4v) is 3.76. The fourth-order valence-electron chi connectivity index (χ4n) is 1.84. The van der Waals surface area contributed by atoms with E-state index in [1.165, 1.54) is 29.3 Å². The largest absolute Gasteiger partial charge is 0.399 e. The van der Waals surface area contributed by atoms with E-state index in [9.17, 15) is 4.79 Å². The molecule has 0 bridgehead atoms.